The lowest BCUT2D eigenvalue weighted by Crippen LogP contribution is -2.16. The molecule has 1 N–H and O–H groups in total. The average Bonchev–Trinajstić information content (AvgIpc) is 2.17. The first-order valence-corrected chi connectivity index (χ1v) is 5.10. The molecule has 0 heterocycles. The van der Waals surface area contributed by atoms with Crippen molar-refractivity contribution in [1.82, 2.24) is 5.32 Å². The van der Waals surface area contributed by atoms with Crippen molar-refractivity contribution in [3.8, 4) is 0 Å². The zero-order valence-electron chi connectivity index (χ0n) is 9.45. The van der Waals surface area contributed by atoms with Crippen LogP contribution in [-0.2, 0) is 4.79 Å². The van der Waals surface area contributed by atoms with Gasteiger partial charge in [0.05, 0.1) is 0 Å². The Morgan fingerprint density at radius 2 is 1.87 bits per heavy atom. The summed E-state index contributed by atoms with van der Waals surface area (Å²) < 4.78 is 0. The maximum Gasteiger partial charge on any atom is 0.154 e. The number of allylic oxidation sites excluding steroid dienone is 2. The van der Waals surface area contributed by atoms with Crippen molar-refractivity contribution in [3.05, 3.63) is 47.7 Å². The van der Waals surface area contributed by atoms with Crippen LogP contribution in [0.15, 0.2) is 42.1 Å². The van der Waals surface area contributed by atoms with Crippen LogP contribution in [0.5, 0.6) is 0 Å². The first-order valence-electron chi connectivity index (χ1n) is 5.10. The molecule has 0 spiro atoms. The summed E-state index contributed by atoms with van der Waals surface area (Å²) in [5.74, 6) is 0.0697. The molecule has 0 bridgehead atoms. The highest BCUT2D eigenvalue weighted by Crippen LogP contribution is 2.12. The lowest BCUT2D eigenvalue weighted by Gasteiger charge is -2.15. The maximum absolute atomic E-state index is 10.9. The summed E-state index contributed by atoms with van der Waals surface area (Å²) in [6, 6.07) is 10.4. The summed E-state index contributed by atoms with van der Waals surface area (Å²) in [4.78, 5) is 10.9. The van der Waals surface area contributed by atoms with Gasteiger partial charge in [0.2, 0.25) is 0 Å². The number of rotatable bonds is 4. The lowest BCUT2D eigenvalue weighted by molar-refractivity contribution is -0.112. The molecule has 2 heteroatoms. The van der Waals surface area contributed by atoms with Gasteiger partial charge in [0, 0.05) is 11.7 Å². The molecular weight excluding hydrogens is 186 g/mol. The highest BCUT2D eigenvalue weighted by Gasteiger charge is 2.03. The van der Waals surface area contributed by atoms with E-state index in [-0.39, 0.29) is 11.8 Å². The fraction of sp³-hybridized carbons (Fsp3) is 0.308. The molecule has 15 heavy (non-hydrogen) atoms. The second-order valence-corrected chi connectivity index (χ2v) is 3.71. The van der Waals surface area contributed by atoms with Gasteiger partial charge >= 0.3 is 0 Å². The molecule has 0 aliphatic heterocycles. The van der Waals surface area contributed by atoms with Gasteiger partial charge < -0.3 is 5.32 Å². The summed E-state index contributed by atoms with van der Waals surface area (Å²) >= 11 is 0. The number of ketones is 1. The fourth-order valence-electron chi connectivity index (χ4n) is 1.51. The number of benzene rings is 1. The first-order chi connectivity index (χ1) is 7.09. The molecule has 80 valence electrons. The number of hydrogen-bond donors (Lipinski definition) is 1. The molecular formula is C13H17NO. The second-order valence-electron chi connectivity index (χ2n) is 3.71. The monoisotopic (exact) mass is 203 g/mol. The van der Waals surface area contributed by atoms with Gasteiger partial charge in [-0.1, -0.05) is 30.3 Å². The van der Waals surface area contributed by atoms with E-state index in [0.29, 0.717) is 0 Å². The van der Waals surface area contributed by atoms with Gasteiger partial charge in [-0.3, -0.25) is 4.79 Å². The van der Waals surface area contributed by atoms with E-state index in [1.54, 1.807) is 13.0 Å². The van der Waals surface area contributed by atoms with E-state index >= 15 is 0 Å². The third-order valence-electron chi connectivity index (χ3n) is 2.16. The topological polar surface area (TPSA) is 29.1 Å². The van der Waals surface area contributed by atoms with Crippen molar-refractivity contribution < 1.29 is 4.79 Å². The predicted molar refractivity (Wildman–Crippen MR) is 62.4 cm³/mol. The quantitative estimate of drug-likeness (QED) is 0.762. The van der Waals surface area contributed by atoms with Crippen LogP contribution in [-0.4, -0.2) is 5.78 Å². The molecule has 0 aliphatic carbocycles. The zero-order chi connectivity index (χ0) is 11.3. The van der Waals surface area contributed by atoms with Crippen molar-refractivity contribution in [2.75, 3.05) is 0 Å². The van der Waals surface area contributed by atoms with Crippen LogP contribution in [0.3, 0.4) is 0 Å². The molecule has 0 amide bonds. The molecule has 0 aromatic heterocycles. The third-order valence-corrected chi connectivity index (χ3v) is 2.16. The van der Waals surface area contributed by atoms with Crippen LogP contribution < -0.4 is 5.32 Å². The van der Waals surface area contributed by atoms with Gasteiger partial charge in [0.25, 0.3) is 0 Å². The average molecular weight is 203 g/mol. The van der Waals surface area contributed by atoms with E-state index in [9.17, 15) is 4.79 Å². The Bertz CT molecular complexity index is 354. The minimum absolute atomic E-state index is 0.0697. The normalized spacial score (nSPS) is 13.4. The van der Waals surface area contributed by atoms with E-state index in [4.69, 9.17) is 0 Å². The standard InChI is InChI=1S/C13H17NO/c1-10(9-11(2)15)14-12(3)13-7-5-4-6-8-13/h4-9,12,14H,1-3H3/b10-9+. The largest absolute Gasteiger partial charge is 0.382 e. The molecule has 1 rings (SSSR count). The Kier molecular flexibility index (Phi) is 4.10. The van der Waals surface area contributed by atoms with Crippen molar-refractivity contribution in [1.29, 1.82) is 0 Å². The first kappa shape index (κ1) is 11.5. The van der Waals surface area contributed by atoms with E-state index in [0.717, 1.165) is 5.70 Å². The van der Waals surface area contributed by atoms with Gasteiger partial charge in [-0.2, -0.15) is 0 Å². The van der Waals surface area contributed by atoms with Gasteiger partial charge in [0.15, 0.2) is 5.78 Å². The second kappa shape index (κ2) is 5.35. The minimum Gasteiger partial charge on any atom is -0.382 e. The van der Waals surface area contributed by atoms with Gasteiger partial charge in [-0.05, 0) is 32.4 Å². The third kappa shape index (κ3) is 3.98. The smallest absolute Gasteiger partial charge is 0.154 e. The van der Waals surface area contributed by atoms with E-state index in [2.05, 4.69) is 24.4 Å². The molecule has 0 aliphatic rings. The SMILES string of the molecule is CC(=O)/C=C(\C)NC(C)c1ccccc1. The molecule has 0 radical (unpaired) electrons. The zero-order valence-corrected chi connectivity index (χ0v) is 9.45. The van der Waals surface area contributed by atoms with Gasteiger partial charge in [-0.15, -0.1) is 0 Å². The molecule has 1 atom stereocenters. The van der Waals surface area contributed by atoms with Crippen molar-refractivity contribution in [3.63, 3.8) is 0 Å². The maximum atomic E-state index is 10.9. The lowest BCUT2D eigenvalue weighted by atomic mass is 10.1. The molecule has 1 unspecified atom stereocenters. The minimum atomic E-state index is 0.0697. The number of carbonyl (C=O) groups is 1. The molecule has 0 fully saturated rings. The molecule has 0 saturated heterocycles. The Balaban J connectivity index is 2.64. The van der Waals surface area contributed by atoms with Crippen molar-refractivity contribution in [2.45, 2.75) is 26.8 Å². The Hall–Kier alpha value is -1.57. The molecule has 1 aromatic carbocycles. The Morgan fingerprint density at radius 3 is 2.40 bits per heavy atom. The molecule has 0 saturated carbocycles. The van der Waals surface area contributed by atoms with Crippen LogP contribution in [0.25, 0.3) is 0 Å². The highest BCUT2D eigenvalue weighted by molar-refractivity contribution is 5.87. The predicted octanol–water partition coefficient (Wildman–Crippen LogP) is 2.83. The van der Waals surface area contributed by atoms with E-state index in [1.807, 2.05) is 25.1 Å². The van der Waals surface area contributed by atoms with Crippen LogP contribution >= 0.6 is 0 Å². The highest BCUT2D eigenvalue weighted by atomic mass is 16.1. The van der Waals surface area contributed by atoms with Crippen molar-refractivity contribution in [2.24, 2.45) is 0 Å². The summed E-state index contributed by atoms with van der Waals surface area (Å²) in [6.07, 6.45) is 1.61. The van der Waals surface area contributed by atoms with Crippen molar-refractivity contribution >= 4 is 5.78 Å². The molecule has 1 aromatic rings. The Labute approximate surface area is 91.0 Å². The fourth-order valence-corrected chi connectivity index (χ4v) is 1.51. The number of nitrogens with one attached hydrogen (secondary N) is 1. The Morgan fingerprint density at radius 1 is 1.27 bits per heavy atom. The number of hydrogen-bond acceptors (Lipinski definition) is 2. The van der Waals surface area contributed by atoms with E-state index < -0.39 is 0 Å². The van der Waals surface area contributed by atoms with Crippen LogP contribution in [0.4, 0.5) is 0 Å². The van der Waals surface area contributed by atoms with Gasteiger partial charge in [-0.25, -0.2) is 0 Å². The number of carbonyl (C=O) groups excluding carboxylic acids is 1. The van der Waals surface area contributed by atoms with Crippen LogP contribution in [0.1, 0.15) is 32.4 Å². The van der Waals surface area contributed by atoms with E-state index in [1.165, 1.54) is 5.56 Å². The summed E-state index contributed by atoms with van der Waals surface area (Å²) in [5, 5.41) is 3.27. The summed E-state index contributed by atoms with van der Waals surface area (Å²) in [7, 11) is 0. The summed E-state index contributed by atoms with van der Waals surface area (Å²) in [5.41, 5.74) is 2.12. The molecule has 2 nitrogen and oxygen atoms in total. The van der Waals surface area contributed by atoms with Gasteiger partial charge in [0.1, 0.15) is 0 Å². The summed E-state index contributed by atoms with van der Waals surface area (Å²) in [6.45, 7) is 5.53. The van der Waals surface area contributed by atoms with Crippen LogP contribution in [0, 0.1) is 0 Å². The van der Waals surface area contributed by atoms with Crippen LogP contribution in [0.2, 0.25) is 0 Å².